The predicted octanol–water partition coefficient (Wildman–Crippen LogP) is -4.95. The quantitative estimate of drug-likeness (QED) is 0.0276. The zero-order valence-corrected chi connectivity index (χ0v) is 46.2. The Hall–Kier alpha value is -5.08. The van der Waals surface area contributed by atoms with Gasteiger partial charge in [-0.3, -0.25) is 19.8 Å². The fraction of sp³-hybridized carbons (Fsp3) is 0.596. The predicted molar refractivity (Wildman–Crippen MR) is 282 cm³/mol. The standard InChI is InChI=1S/C21H23ClFNO2.C21H39N7O12.C5H8N4O3S2/c22-18-7-5-17(6-8-18)21(26)11-14-24(15-12-21)13-1-2-20(25)16-3-9-19(23)10-4-16;1-5-21(36,4-30)16(40-17-9(26-2)13(34)10(31)6(3-29)38-17)18(37-5)39-15-8(28-20(24)25)11(32)7(27-19(22)23)12(33)14(15)35;1-3(10)7-4-9(2)8-5(13-4)14(6,11)12/h3-10,26H,1-2,11-15H2;4-18,26,29,31-36H,3H2,1-2H3,(H4,22,23,27)(H4,24,25,28);1-2H3,(H2,6,11,12)/t;5-,6-,7+,8-,9-,10-,11+,12-,13-,14+,15+,16-,17-,18-,21+;/m.0./s1. The fourth-order valence-corrected chi connectivity index (χ4v) is 11.0. The van der Waals surface area contributed by atoms with Crippen LogP contribution in [0.5, 0.6) is 0 Å². The van der Waals surface area contributed by atoms with Gasteiger partial charge < -0.3 is 92.5 Å². The number of aromatic nitrogens is 2. The molecule has 29 nitrogen and oxygen atoms in total. The SMILES string of the molecule is CC(=O)N=c1sc(S(N)(=O)=O)nn1C.CN[C@@H]1[C@H](O[C@H]2[C@H](O[C@H]3[C@H](O)[C@@H](O)[C@H](N=C(N)N)[C@@H](O)[C@@H]3NC(=N)N)O[C@@H](C)[C@]2(O)C=O)O[C@@H](CO)[C@H](O)[C@H]1O.O=C(CCCN1CCC(O)(c2ccc(Cl)cc2)CC1)c1ccc(F)cc1. The van der Waals surface area contributed by atoms with Crippen molar-refractivity contribution >= 4 is 62.9 Å². The number of Topliss-reactive ketones (excluding diaryl/α,β-unsaturated/α-hetero) is 1. The number of aliphatic hydroxyl groups excluding tert-OH is 6. The Labute approximate surface area is 467 Å². The maximum Gasteiger partial charge on any atom is 0.267 e. The number of carbonyl (C=O) groups is 3. The molecule has 4 heterocycles. The number of sulfonamides is 1. The molecule has 1 aromatic heterocycles. The molecule has 15 atom stereocenters. The van der Waals surface area contributed by atoms with Crippen molar-refractivity contribution in [3.05, 3.63) is 75.3 Å². The van der Waals surface area contributed by atoms with Crippen LogP contribution in [0.3, 0.4) is 0 Å². The number of hydrogen-bond acceptors (Lipinski definition) is 23. The Morgan fingerprint density at radius 2 is 1.59 bits per heavy atom. The summed E-state index contributed by atoms with van der Waals surface area (Å²) in [6.07, 6.45) is -14.8. The number of aldehydes is 1. The number of nitrogens with zero attached hydrogens (tertiary/aromatic N) is 5. The van der Waals surface area contributed by atoms with Crippen LogP contribution in [0.2, 0.25) is 5.02 Å². The van der Waals surface area contributed by atoms with Crippen LogP contribution < -0.4 is 37.8 Å². The van der Waals surface area contributed by atoms with Crippen molar-refractivity contribution in [2.24, 2.45) is 39.4 Å². The van der Waals surface area contributed by atoms with Gasteiger partial charge in [-0.25, -0.2) is 27.6 Å². The summed E-state index contributed by atoms with van der Waals surface area (Å²) in [6, 6.07) is 9.07. The highest BCUT2D eigenvalue weighted by atomic mass is 35.5. The fourth-order valence-electron chi connectivity index (χ4n) is 9.24. The van der Waals surface area contributed by atoms with E-state index in [1.54, 1.807) is 0 Å². The minimum absolute atomic E-state index is 0.0414. The zero-order chi connectivity index (χ0) is 59.6. The minimum atomic E-state index is -3.83. The third-order valence-electron chi connectivity index (χ3n) is 13.7. The van der Waals surface area contributed by atoms with Gasteiger partial charge in [0.15, 0.2) is 42.2 Å². The number of likely N-dealkylation sites (tertiary alicyclic amines) is 1. The van der Waals surface area contributed by atoms with Gasteiger partial charge in [-0.05, 0) is 81.7 Å². The number of amides is 1. The number of carbonyl (C=O) groups excluding carboxylic acids is 3. The summed E-state index contributed by atoms with van der Waals surface area (Å²) in [5.74, 6) is -1.88. The molecule has 0 unspecified atom stereocenters. The van der Waals surface area contributed by atoms with Gasteiger partial charge in [0.2, 0.25) is 15.0 Å². The van der Waals surface area contributed by atoms with Crippen molar-refractivity contribution in [2.45, 2.75) is 141 Å². The third-order valence-corrected chi connectivity index (χ3v) is 16.3. The van der Waals surface area contributed by atoms with Crippen molar-refractivity contribution in [3.8, 4) is 0 Å². The maximum absolute atomic E-state index is 12.9. The van der Waals surface area contributed by atoms with Gasteiger partial charge in [-0.1, -0.05) is 35.1 Å². The summed E-state index contributed by atoms with van der Waals surface area (Å²) >= 11 is 6.66. The second-order valence-corrected chi connectivity index (χ2v) is 22.4. The van der Waals surface area contributed by atoms with Gasteiger partial charge in [0.1, 0.15) is 60.7 Å². The molecule has 4 fully saturated rings. The number of aliphatic hydroxyl groups is 8. The van der Waals surface area contributed by atoms with Gasteiger partial charge in [0.05, 0.1) is 30.4 Å². The molecular formula is C47H70ClFN12O17S2. The van der Waals surface area contributed by atoms with E-state index in [9.17, 15) is 68.0 Å². The van der Waals surface area contributed by atoms with E-state index in [0.717, 1.165) is 43.0 Å². The van der Waals surface area contributed by atoms with Gasteiger partial charge >= 0.3 is 0 Å². The summed E-state index contributed by atoms with van der Waals surface area (Å²) in [7, 11) is -0.930. The lowest BCUT2D eigenvalue weighted by molar-refractivity contribution is -0.314. The number of halogens is 2. The molecule has 4 aliphatic rings. The van der Waals surface area contributed by atoms with E-state index in [1.165, 1.54) is 56.9 Å². The van der Waals surface area contributed by atoms with Gasteiger partial charge in [-0.2, -0.15) is 4.99 Å². The first-order valence-corrected chi connectivity index (χ1v) is 27.5. The van der Waals surface area contributed by atoms with E-state index in [4.69, 9.17) is 58.3 Å². The summed E-state index contributed by atoms with van der Waals surface area (Å²) in [6.45, 7) is 4.29. The molecule has 446 valence electrons. The van der Waals surface area contributed by atoms with E-state index in [1.807, 2.05) is 24.3 Å². The number of guanidine groups is 2. The lowest BCUT2D eigenvalue weighted by atomic mass is 9.81. The molecule has 3 saturated heterocycles. The number of nitrogens with one attached hydrogen (secondary N) is 3. The summed E-state index contributed by atoms with van der Waals surface area (Å²) in [5, 5.41) is 107. The highest BCUT2D eigenvalue weighted by molar-refractivity contribution is 7.91. The molecule has 0 bridgehead atoms. The summed E-state index contributed by atoms with van der Waals surface area (Å²) in [5.41, 5.74) is 14.5. The van der Waals surface area contributed by atoms with Crippen LogP contribution in [-0.4, -0.2) is 218 Å². The highest BCUT2D eigenvalue weighted by Gasteiger charge is 2.61. The molecular weight excluding hydrogens is 1120 g/mol. The smallest absolute Gasteiger partial charge is 0.267 e. The summed E-state index contributed by atoms with van der Waals surface area (Å²) in [4.78, 5) is 44.6. The number of primary sulfonamides is 1. The number of aryl methyl sites for hydroxylation is 1. The first-order valence-electron chi connectivity index (χ1n) is 24.8. The van der Waals surface area contributed by atoms with Crippen LogP contribution in [0.4, 0.5) is 4.39 Å². The molecule has 0 spiro atoms. The molecule has 3 aliphatic heterocycles. The van der Waals surface area contributed by atoms with Crippen molar-refractivity contribution in [3.63, 3.8) is 0 Å². The van der Waals surface area contributed by atoms with Crippen LogP contribution in [0.25, 0.3) is 0 Å². The monoisotopic (exact) mass is 1190 g/mol. The van der Waals surface area contributed by atoms with E-state index < -0.39 is 131 Å². The van der Waals surface area contributed by atoms with Crippen LogP contribution in [0.1, 0.15) is 55.5 Å². The number of likely N-dealkylation sites (N-methyl/N-ethyl adjacent to an activating group) is 1. The van der Waals surface area contributed by atoms with Crippen molar-refractivity contribution in [1.29, 1.82) is 5.41 Å². The number of benzene rings is 2. The van der Waals surface area contributed by atoms with E-state index in [0.29, 0.717) is 29.8 Å². The van der Waals surface area contributed by atoms with Crippen LogP contribution >= 0.6 is 22.9 Å². The first kappa shape index (κ1) is 65.7. The van der Waals surface area contributed by atoms with Gasteiger partial charge in [0, 0.05) is 44.1 Å². The lowest BCUT2D eigenvalue weighted by Crippen LogP contribution is -2.70. The number of aliphatic imine (C=N–C) groups is 1. The average Bonchev–Trinajstić information content (AvgIpc) is 3.96. The van der Waals surface area contributed by atoms with Crippen molar-refractivity contribution in [2.75, 3.05) is 33.3 Å². The van der Waals surface area contributed by atoms with Crippen molar-refractivity contribution in [1.82, 2.24) is 25.3 Å². The second kappa shape index (κ2) is 28.3. The number of nitrogens with two attached hydrogens (primary N) is 4. The molecule has 1 amide bonds. The Balaban J connectivity index is 0.000000249. The van der Waals surface area contributed by atoms with Crippen LogP contribution in [-0.2, 0) is 51.2 Å². The topological polar surface area (TPSA) is 482 Å². The molecule has 2 aromatic carbocycles. The van der Waals surface area contributed by atoms with E-state index in [-0.39, 0.29) is 27.0 Å². The second-order valence-electron chi connectivity index (χ2n) is 19.3. The van der Waals surface area contributed by atoms with Gasteiger partial charge in [0.25, 0.3) is 10.0 Å². The molecule has 3 aromatic rings. The normalized spacial score (nSPS) is 31.6. The maximum atomic E-state index is 12.9. The van der Waals surface area contributed by atoms with Gasteiger partial charge in [-0.15, -0.1) is 5.10 Å². The Morgan fingerprint density at radius 1 is 0.963 bits per heavy atom. The first-order chi connectivity index (χ1) is 37.5. The summed E-state index contributed by atoms with van der Waals surface area (Å²) < 4.78 is 58.5. The molecule has 7 rings (SSSR count). The lowest BCUT2D eigenvalue weighted by Gasteiger charge is -2.46. The third kappa shape index (κ3) is 16.3. The van der Waals surface area contributed by atoms with Crippen LogP contribution in [0.15, 0.2) is 62.9 Å². The Morgan fingerprint density at radius 3 is 2.11 bits per heavy atom. The van der Waals surface area contributed by atoms with E-state index >= 15 is 0 Å². The van der Waals surface area contributed by atoms with Crippen molar-refractivity contribution < 1.29 is 87.0 Å². The molecule has 0 radical (unpaired) electrons. The molecule has 19 N–H and O–H groups in total. The molecule has 1 aliphatic carbocycles. The number of hydrogen-bond donors (Lipinski definition) is 15. The number of piperidine rings is 1. The number of rotatable bonds is 16. The Bertz CT molecular complexity index is 2790. The average molecular weight is 1190 g/mol. The largest absolute Gasteiger partial charge is 0.394 e. The molecule has 80 heavy (non-hydrogen) atoms. The zero-order valence-electron chi connectivity index (χ0n) is 43.8. The minimum Gasteiger partial charge on any atom is -0.394 e. The van der Waals surface area contributed by atoms with E-state index in [2.05, 4.69) is 30.6 Å². The Kier molecular flexibility index (Phi) is 23.2. The highest BCUT2D eigenvalue weighted by Crippen LogP contribution is 2.39. The number of ketones is 1. The molecule has 1 saturated carbocycles. The number of ether oxygens (including phenoxy) is 4. The molecule has 33 heteroatoms. The van der Waals surface area contributed by atoms with Crippen LogP contribution in [0, 0.1) is 11.2 Å².